The summed E-state index contributed by atoms with van der Waals surface area (Å²) >= 11 is 0. The number of anilines is 2. The molecular weight excluding hydrogens is 356 g/mol. The van der Waals surface area contributed by atoms with E-state index in [4.69, 9.17) is 4.74 Å². The highest BCUT2D eigenvalue weighted by molar-refractivity contribution is 6.01. The first-order chi connectivity index (χ1) is 13.4. The standard InChI is InChI=1S/C22H24N2O4/c1-14-8-7-11-19(15(14)2)24-13-17(12-20(24)25)22(27)28-16(3)21(26)23-18-9-5-4-6-10-18/h4-11,16-17H,12-13H2,1-3H3,(H,23,26)/t16-,17+/m1/s1. The molecule has 2 aromatic carbocycles. The number of hydrogen-bond acceptors (Lipinski definition) is 4. The Labute approximate surface area is 164 Å². The Morgan fingerprint density at radius 2 is 1.82 bits per heavy atom. The van der Waals surface area contributed by atoms with Gasteiger partial charge in [-0.15, -0.1) is 0 Å². The van der Waals surface area contributed by atoms with Gasteiger partial charge in [0.25, 0.3) is 5.91 Å². The second-order valence-electron chi connectivity index (χ2n) is 7.06. The molecule has 1 aliphatic rings. The summed E-state index contributed by atoms with van der Waals surface area (Å²) in [6.07, 6.45) is -0.864. The maximum atomic E-state index is 12.5. The summed E-state index contributed by atoms with van der Waals surface area (Å²) < 4.78 is 5.32. The van der Waals surface area contributed by atoms with E-state index in [0.717, 1.165) is 16.8 Å². The van der Waals surface area contributed by atoms with Crippen LogP contribution >= 0.6 is 0 Å². The monoisotopic (exact) mass is 380 g/mol. The SMILES string of the molecule is Cc1cccc(N2C[C@@H](C(=O)O[C@H](C)C(=O)Nc3ccccc3)CC2=O)c1C. The number of nitrogens with one attached hydrogen (secondary N) is 1. The molecule has 1 N–H and O–H groups in total. The number of carbonyl (C=O) groups is 3. The van der Waals surface area contributed by atoms with Crippen molar-refractivity contribution in [2.45, 2.75) is 33.3 Å². The van der Waals surface area contributed by atoms with Crippen LogP contribution in [0.1, 0.15) is 24.5 Å². The molecule has 0 radical (unpaired) electrons. The first kappa shape index (κ1) is 19.6. The number of hydrogen-bond donors (Lipinski definition) is 1. The molecule has 28 heavy (non-hydrogen) atoms. The lowest BCUT2D eigenvalue weighted by Gasteiger charge is -2.20. The second kappa shape index (κ2) is 8.25. The largest absolute Gasteiger partial charge is 0.452 e. The Morgan fingerprint density at radius 3 is 2.54 bits per heavy atom. The summed E-state index contributed by atoms with van der Waals surface area (Å²) in [6, 6.07) is 14.7. The molecule has 6 nitrogen and oxygen atoms in total. The summed E-state index contributed by atoms with van der Waals surface area (Å²) in [7, 11) is 0. The van der Waals surface area contributed by atoms with Crippen molar-refractivity contribution in [2.24, 2.45) is 5.92 Å². The Hall–Kier alpha value is -3.15. The van der Waals surface area contributed by atoms with E-state index < -0.39 is 23.9 Å². The van der Waals surface area contributed by atoms with Gasteiger partial charge >= 0.3 is 5.97 Å². The smallest absolute Gasteiger partial charge is 0.312 e. The number of amides is 2. The van der Waals surface area contributed by atoms with Crippen molar-refractivity contribution < 1.29 is 19.1 Å². The fourth-order valence-corrected chi connectivity index (χ4v) is 3.22. The van der Waals surface area contributed by atoms with Crippen LogP contribution < -0.4 is 10.2 Å². The number of carbonyl (C=O) groups excluding carboxylic acids is 3. The molecule has 1 heterocycles. The van der Waals surface area contributed by atoms with Gasteiger partial charge < -0.3 is 15.0 Å². The molecule has 1 aliphatic heterocycles. The minimum Gasteiger partial charge on any atom is -0.452 e. The summed E-state index contributed by atoms with van der Waals surface area (Å²) in [4.78, 5) is 38.8. The fourth-order valence-electron chi connectivity index (χ4n) is 3.22. The molecule has 1 saturated heterocycles. The van der Waals surface area contributed by atoms with E-state index in [2.05, 4.69) is 5.32 Å². The molecule has 6 heteroatoms. The number of esters is 1. The van der Waals surface area contributed by atoms with Gasteiger partial charge in [0.05, 0.1) is 5.92 Å². The summed E-state index contributed by atoms with van der Waals surface area (Å²) in [5, 5.41) is 2.70. The van der Waals surface area contributed by atoms with Crippen LogP contribution in [-0.2, 0) is 19.1 Å². The van der Waals surface area contributed by atoms with Crippen LogP contribution in [0.5, 0.6) is 0 Å². The minimum atomic E-state index is -0.947. The van der Waals surface area contributed by atoms with Crippen LogP contribution in [0.25, 0.3) is 0 Å². The predicted molar refractivity (Wildman–Crippen MR) is 107 cm³/mol. The number of rotatable bonds is 5. The number of para-hydroxylation sites is 1. The first-order valence-electron chi connectivity index (χ1n) is 9.30. The maximum Gasteiger partial charge on any atom is 0.312 e. The van der Waals surface area contributed by atoms with Crippen molar-refractivity contribution in [3.8, 4) is 0 Å². The van der Waals surface area contributed by atoms with Crippen LogP contribution in [0.3, 0.4) is 0 Å². The molecule has 2 amide bonds. The Morgan fingerprint density at radius 1 is 1.11 bits per heavy atom. The zero-order valence-electron chi connectivity index (χ0n) is 16.3. The van der Waals surface area contributed by atoms with Crippen LogP contribution in [-0.4, -0.2) is 30.4 Å². The normalized spacial score (nSPS) is 17.3. The van der Waals surface area contributed by atoms with Gasteiger partial charge in [-0.3, -0.25) is 14.4 Å². The van der Waals surface area contributed by atoms with Crippen LogP contribution in [0.4, 0.5) is 11.4 Å². The molecule has 1 fully saturated rings. The molecule has 2 atom stereocenters. The van der Waals surface area contributed by atoms with Crippen molar-refractivity contribution in [1.82, 2.24) is 0 Å². The quantitative estimate of drug-likeness (QED) is 0.808. The molecule has 3 rings (SSSR count). The first-order valence-corrected chi connectivity index (χ1v) is 9.30. The molecule has 0 spiro atoms. The van der Waals surface area contributed by atoms with E-state index in [1.807, 2.05) is 38.1 Å². The van der Waals surface area contributed by atoms with Gasteiger partial charge in [-0.2, -0.15) is 0 Å². The summed E-state index contributed by atoms with van der Waals surface area (Å²) in [5.41, 5.74) is 3.55. The van der Waals surface area contributed by atoms with Gasteiger partial charge in [-0.25, -0.2) is 0 Å². The third-order valence-corrected chi connectivity index (χ3v) is 5.03. The molecule has 0 unspecified atom stereocenters. The van der Waals surface area contributed by atoms with Crippen molar-refractivity contribution in [2.75, 3.05) is 16.8 Å². The molecule has 2 aromatic rings. The van der Waals surface area contributed by atoms with Crippen molar-refractivity contribution in [3.63, 3.8) is 0 Å². The lowest BCUT2D eigenvalue weighted by Crippen LogP contribution is -2.33. The van der Waals surface area contributed by atoms with Crippen molar-refractivity contribution in [1.29, 1.82) is 0 Å². The number of aryl methyl sites for hydroxylation is 1. The van der Waals surface area contributed by atoms with E-state index in [9.17, 15) is 14.4 Å². The highest BCUT2D eigenvalue weighted by Gasteiger charge is 2.37. The Kier molecular flexibility index (Phi) is 5.78. The van der Waals surface area contributed by atoms with Gasteiger partial charge in [-0.05, 0) is 50.1 Å². The van der Waals surface area contributed by atoms with Gasteiger partial charge in [0, 0.05) is 24.3 Å². The van der Waals surface area contributed by atoms with Crippen LogP contribution in [0.15, 0.2) is 48.5 Å². The lowest BCUT2D eigenvalue weighted by atomic mass is 10.1. The average Bonchev–Trinajstić information content (AvgIpc) is 3.06. The second-order valence-corrected chi connectivity index (χ2v) is 7.06. The third-order valence-electron chi connectivity index (χ3n) is 5.03. The number of nitrogens with zero attached hydrogens (tertiary/aromatic N) is 1. The van der Waals surface area contributed by atoms with Crippen molar-refractivity contribution in [3.05, 3.63) is 59.7 Å². The van der Waals surface area contributed by atoms with E-state index in [-0.39, 0.29) is 18.9 Å². The molecule has 146 valence electrons. The molecular formula is C22H24N2O4. The van der Waals surface area contributed by atoms with Gasteiger partial charge in [0.15, 0.2) is 6.10 Å². The highest BCUT2D eigenvalue weighted by Crippen LogP contribution is 2.30. The van der Waals surface area contributed by atoms with E-state index in [0.29, 0.717) is 5.69 Å². The van der Waals surface area contributed by atoms with E-state index in [1.165, 1.54) is 6.92 Å². The number of benzene rings is 2. The van der Waals surface area contributed by atoms with Gasteiger partial charge in [0.2, 0.25) is 5.91 Å². The third kappa shape index (κ3) is 4.22. The average molecular weight is 380 g/mol. The predicted octanol–water partition coefficient (Wildman–Crippen LogP) is 3.23. The van der Waals surface area contributed by atoms with Gasteiger partial charge in [0.1, 0.15) is 0 Å². The Bertz CT molecular complexity index is 895. The number of ether oxygens (including phenoxy) is 1. The maximum absolute atomic E-state index is 12.5. The van der Waals surface area contributed by atoms with Crippen LogP contribution in [0, 0.1) is 19.8 Å². The fraction of sp³-hybridized carbons (Fsp3) is 0.318. The van der Waals surface area contributed by atoms with Gasteiger partial charge in [-0.1, -0.05) is 30.3 Å². The minimum absolute atomic E-state index is 0.0826. The summed E-state index contributed by atoms with van der Waals surface area (Å²) in [6.45, 7) is 5.72. The van der Waals surface area contributed by atoms with E-state index >= 15 is 0 Å². The lowest BCUT2D eigenvalue weighted by molar-refractivity contribution is -0.157. The molecule has 0 aliphatic carbocycles. The highest BCUT2D eigenvalue weighted by atomic mass is 16.5. The van der Waals surface area contributed by atoms with E-state index in [1.54, 1.807) is 29.2 Å². The Balaban J connectivity index is 1.61. The molecule has 0 saturated carbocycles. The summed E-state index contributed by atoms with van der Waals surface area (Å²) in [5.74, 6) is -1.64. The van der Waals surface area contributed by atoms with Crippen molar-refractivity contribution >= 4 is 29.2 Å². The zero-order chi connectivity index (χ0) is 20.3. The molecule has 0 aromatic heterocycles. The topological polar surface area (TPSA) is 75.7 Å². The molecule has 0 bridgehead atoms. The van der Waals surface area contributed by atoms with Crippen LogP contribution in [0.2, 0.25) is 0 Å². The zero-order valence-corrected chi connectivity index (χ0v) is 16.3.